The fourth-order valence-corrected chi connectivity index (χ4v) is 3.67. The Morgan fingerprint density at radius 1 is 1.03 bits per heavy atom. The van der Waals surface area contributed by atoms with Crippen LogP contribution in [0.3, 0.4) is 0 Å². The van der Waals surface area contributed by atoms with Crippen molar-refractivity contribution in [3.05, 3.63) is 127 Å². The van der Waals surface area contributed by atoms with Crippen LogP contribution in [0.2, 0.25) is 5.02 Å². The molecule has 0 aliphatic rings. The van der Waals surface area contributed by atoms with Gasteiger partial charge < -0.3 is 5.32 Å². The third kappa shape index (κ3) is 4.97. The van der Waals surface area contributed by atoms with Crippen molar-refractivity contribution in [1.82, 2.24) is 19.7 Å². The Hall–Kier alpha value is -4.04. The topological polar surface area (TPSA) is 86.0 Å². The predicted molar refractivity (Wildman–Crippen MR) is 127 cm³/mol. The van der Waals surface area contributed by atoms with Crippen LogP contribution in [0.5, 0.6) is 0 Å². The van der Waals surface area contributed by atoms with Crippen molar-refractivity contribution < 1.29 is 9.18 Å². The SMILES string of the molecule is C[C@H](NC(=O)c1nn(-c2cccc(Cl)c2)c(=O)n(Cc2cccc(F)c2)c1=O)c1ccccc1. The molecule has 0 saturated carbocycles. The van der Waals surface area contributed by atoms with Crippen molar-refractivity contribution in [2.24, 2.45) is 0 Å². The van der Waals surface area contributed by atoms with Crippen molar-refractivity contribution in [2.45, 2.75) is 19.5 Å². The van der Waals surface area contributed by atoms with Crippen LogP contribution in [0.1, 0.15) is 34.6 Å². The van der Waals surface area contributed by atoms with E-state index in [9.17, 15) is 18.8 Å². The molecule has 34 heavy (non-hydrogen) atoms. The molecule has 0 radical (unpaired) electrons. The Bertz CT molecular complexity index is 1470. The number of hydrogen-bond donors (Lipinski definition) is 1. The molecule has 0 aliphatic carbocycles. The van der Waals surface area contributed by atoms with E-state index in [-0.39, 0.29) is 12.2 Å². The Morgan fingerprint density at radius 3 is 2.47 bits per heavy atom. The Labute approximate surface area is 199 Å². The van der Waals surface area contributed by atoms with E-state index in [4.69, 9.17) is 11.6 Å². The lowest BCUT2D eigenvalue weighted by Crippen LogP contribution is -2.46. The van der Waals surface area contributed by atoms with E-state index >= 15 is 0 Å². The first-order chi connectivity index (χ1) is 16.3. The molecule has 1 heterocycles. The van der Waals surface area contributed by atoms with Crippen molar-refractivity contribution >= 4 is 17.5 Å². The van der Waals surface area contributed by atoms with Gasteiger partial charge in [0.2, 0.25) is 5.69 Å². The van der Waals surface area contributed by atoms with Gasteiger partial charge in [0.1, 0.15) is 5.82 Å². The van der Waals surface area contributed by atoms with Gasteiger partial charge in [0, 0.05) is 5.02 Å². The summed E-state index contributed by atoms with van der Waals surface area (Å²) in [6.45, 7) is 1.53. The van der Waals surface area contributed by atoms with Gasteiger partial charge in [0.15, 0.2) is 0 Å². The summed E-state index contributed by atoms with van der Waals surface area (Å²) in [4.78, 5) is 39.5. The summed E-state index contributed by atoms with van der Waals surface area (Å²) in [5.41, 5.74) is -0.657. The zero-order valence-electron chi connectivity index (χ0n) is 18.1. The lowest BCUT2D eigenvalue weighted by Gasteiger charge is -2.16. The number of rotatable bonds is 6. The largest absolute Gasteiger partial charge is 0.352 e. The van der Waals surface area contributed by atoms with Gasteiger partial charge in [0.25, 0.3) is 11.5 Å². The first-order valence-corrected chi connectivity index (χ1v) is 10.8. The maximum absolute atomic E-state index is 13.7. The molecular weight excluding hydrogens is 459 g/mol. The number of hydrogen-bond acceptors (Lipinski definition) is 4. The minimum absolute atomic E-state index is 0.243. The molecule has 0 saturated heterocycles. The molecule has 0 unspecified atom stereocenters. The average molecular weight is 479 g/mol. The molecule has 4 rings (SSSR count). The van der Waals surface area contributed by atoms with Crippen LogP contribution in [0, 0.1) is 5.82 Å². The fraction of sp³-hybridized carbons (Fsp3) is 0.120. The van der Waals surface area contributed by atoms with Gasteiger partial charge >= 0.3 is 5.69 Å². The first-order valence-electron chi connectivity index (χ1n) is 10.4. The molecule has 7 nitrogen and oxygen atoms in total. The zero-order chi connectivity index (χ0) is 24.2. The van der Waals surface area contributed by atoms with Crippen LogP contribution in [0.15, 0.2) is 88.5 Å². The van der Waals surface area contributed by atoms with Gasteiger partial charge in [-0.2, -0.15) is 9.78 Å². The lowest BCUT2D eigenvalue weighted by molar-refractivity contribution is 0.0930. The van der Waals surface area contributed by atoms with Crippen LogP contribution in [-0.4, -0.2) is 20.3 Å². The number of halogens is 2. The molecule has 1 amide bonds. The maximum atomic E-state index is 13.7. The molecule has 1 N–H and O–H groups in total. The summed E-state index contributed by atoms with van der Waals surface area (Å²) in [7, 11) is 0. The summed E-state index contributed by atoms with van der Waals surface area (Å²) in [6.07, 6.45) is 0. The van der Waals surface area contributed by atoms with Gasteiger partial charge in [-0.15, -0.1) is 0 Å². The number of aromatic nitrogens is 3. The molecule has 0 spiro atoms. The highest BCUT2D eigenvalue weighted by molar-refractivity contribution is 6.30. The number of nitrogens with zero attached hydrogens (tertiary/aromatic N) is 3. The summed E-state index contributed by atoms with van der Waals surface area (Å²) in [5, 5.41) is 7.17. The summed E-state index contributed by atoms with van der Waals surface area (Å²) >= 11 is 6.07. The zero-order valence-corrected chi connectivity index (χ0v) is 18.9. The van der Waals surface area contributed by atoms with Crippen LogP contribution in [-0.2, 0) is 6.54 Å². The lowest BCUT2D eigenvalue weighted by atomic mass is 10.1. The van der Waals surface area contributed by atoms with Gasteiger partial charge in [0.05, 0.1) is 18.3 Å². The third-order valence-electron chi connectivity index (χ3n) is 5.20. The second-order valence-electron chi connectivity index (χ2n) is 7.65. The highest BCUT2D eigenvalue weighted by Crippen LogP contribution is 2.14. The Kier molecular flexibility index (Phi) is 6.70. The molecule has 0 aliphatic heterocycles. The molecule has 1 atom stereocenters. The highest BCUT2D eigenvalue weighted by atomic mass is 35.5. The molecule has 9 heteroatoms. The molecule has 1 aromatic heterocycles. The van der Waals surface area contributed by atoms with Crippen LogP contribution in [0.4, 0.5) is 4.39 Å². The number of amides is 1. The smallest absolute Gasteiger partial charge is 0.344 e. The second-order valence-corrected chi connectivity index (χ2v) is 8.09. The summed E-state index contributed by atoms with van der Waals surface area (Å²) < 4.78 is 15.5. The predicted octanol–water partition coefficient (Wildman–Crippen LogP) is 3.73. The van der Waals surface area contributed by atoms with Gasteiger partial charge in [-0.05, 0) is 48.4 Å². The van der Waals surface area contributed by atoms with Gasteiger partial charge in [-0.1, -0.05) is 60.1 Å². The minimum Gasteiger partial charge on any atom is -0.344 e. The number of carbonyl (C=O) groups excluding carboxylic acids is 1. The van der Waals surface area contributed by atoms with E-state index in [1.54, 1.807) is 31.2 Å². The number of carbonyl (C=O) groups is 1. The molecule has 0 fully saturated rings. The van der Waals surface area contributed by atoms with Crippen molar-refractivity contribution in [3.63, 3.8) is 0 Å². The standard InChI is InChI=1S/C25H20ClFN4O3/c1-16(18-8-3-2-4-9-18)28-23(32)22-24(33)30(15-17-7-5-11-20(27)13-17)25(34)31(29-22)21-12-6-10-19(26)14-21/h2-14,16H,15H2,1H3,(H,28,32)/t16-/m0/s1. The maximum Gasteiger partial charge on any atom is 0.352 e. The van der Waals surface area contributed by atoms with E-state index in [0.717, 1.165) is 14.8 Å². The van der Waals surface area contributed by atoms with E-state index in [1.807, 2.05) is 30.3 Å². The fourth-order valence-electron chi connectivity index (χ4n) is 3.48. The molecular formula is C25H20ClFN4O3. The summed E-state index contributed by atoms with van der Waals surface area (Å²) in [5.74, 6) is -1.26. The highest BCUT2D eigenvalue weighted by Gasteiger charge is 2.22. The monoisotopic (exact) mass is 478 g/mol. The Balaban J connectivity index is 1.82. The van der Waals surface area contributed by atoms with Crippen LogP contribution in [0.25, 0.3) is 5.69 Å². The van der Waals surface area contributed by atoms with Crippen molar-refractivity contribution in [3.8, 4) is 5.69 Å². The van der Waals surface area contributed by atoms with E-state index in [1.165, 1.54) is 24.3 Å². The molecule has 172 valence electrons. The van der Waals surface area contributed by atoms with E-state index < -0.39 is 34.7 Å². The average Bonchev–Trinajstić information content (AvgIpc) is 2.82. The molecule has 4 aromatic rings. The van der Waals surface area contributed by atoms with E-state index in [0.29, 0.717) is 10.6 Å². The quantitative estimate of drug-likeness (QED) is 0.457. The third-order valence-corrected chi connectivity index (χ3v) is 5.44. The summed E-state index contributed by atoms with van der Waals surface area (Å²) in [6, 6.07) is 20.6. The number of benzene rings is 3. The molecule has 3 aromatic carbocycles. The Morgan fingerprint density at radius 2 is 1.76 bits per heavy atom. The van der Waals surface area contributed by atoms with E-state index in [2.05, 4.69) is 10.4 Å². The van der Waals surface area contributed by atoms with Crippen LogP contribution >= 0.6 is 11.6 Å². The first kappa shape index (κ1) is 23.1. The van der Waals surface area contributed by atoms with Gasteiger partial charge in [-0.25, -0.2) is 9.18 Å². The second kappa shape index (κ2) is 9.84. The van der Waals surface area contributed by atoms with Crippen molar-refractivity contribution in [2.75, 3.05) is 0 Å². The van der Waals surface area contributed by atoms with Gasteiger partial charge in [-0.3, -0.25) is 14.2 Å². The number of nitrogens with one attached hydrogen (secondary N) is 1. The minimum atomic E-state index is -0.884. The van der Waals surface area contributed by atoms with Crippen LogP contribution < -0.4 is 16.6 Å². The normalized spacial score (nSPS) is 11.7. The molecule has 0 bridgehead atoms. The van der Waals surface area contributed by atoms with Crippen molar-refractivity contribution in [1.29, 1.82) is 0 Å².